The lowest BCUT2D eigenvalue weighted by molar-refractivity contribution is 0.101. The molecule has 7 nitrogen and oxygen atoms in total. The summed E-state index contributed by atoms with van der Waals surface area (Å²) in [6.45, 7) is 7.56. The van der Waals surface area contributed by atoms with Gasteiger partial charge in [0.1, 0.15) is 0 Å². The highest BCUT2D eigenvalue weighted by Crippen LogP contribution is 2.39. The number of imidazole rings is 1. The molecular weight excluding hydrogens is 505 g/mol. The van der Waals surface area contributed by atoms with E-state index in [0.717, 1.165) is 5.56 Å². The third-order valence-electron chi connectivity index (χ3n) is 5.34. The number of amides is 1. The van der Waals surface area contributed by atoms with Crippen molar-refractivity contribution in [2.45, 2.75) is 39.4 Å². The number of carbonyl (C=O) groups excluding carboxylic acids is 1. The fourth-order valence-corrected chi connectivity index (χ4v) is 3.73. The zero-order valence-corrected chi connectivity index (χ0v) is 22.8. The molecule has 6 N–H and O–H groups in total. The Balaban J connectivity index is 1.83. The van der Waals surface area contributed by atoms with Crippen molar-refractivity contribution in [3.8, 4) is 17.5 Å². The predicted molar refractivity (Wildman–Crippen MR) is 151 cm³/mol. The largest absolute Gasteiger partial charge is 0.392 e. The summed E-state index contributed by atoms with van der Waals surface area (Å²) in [5.41, 5.74) is 11.6. The Bertz CT molecular complexity index is 1460. The highest BCUT2D eigenvalue weighted by molar-refractivity contribution is 7.17. The molecule has 0 fully saturated rings. The van der Waals surface area contributed by atoms with E-state index in [1.54, 1.807) is 49.5 Å². The number of benzene rings is 2. The van der Waals surface area contributed by atoms with Gasteiger partial charge in [0.2, 0.25) is 0 Å². The van der Waals surface area contributed by atoms with Crippen molar-refractivity contribution in [2.75, 3.05) is 5.32 Å². The van der Waals surface area contributed by atoms with Crippen LogP contribution in [0.25, 0.3) is 5.69 Å². The van der Waals surface area contributed by atoms with Crippen LogP contribution in [-0.4, -0.2) is 21.5 Å². The second-order valence-electron chi connectivity index (χ2n) is 9.05. The van der Waals surface area contributed by atoms with Crippen LogP contribution in [-0.2, 0) is 5.66 Å². The van der Waals surface area contributed by atoms with Gasteiger partial charge in [0.05, 0.1) is 34.8 Å². The van der Waals surface area contributed by atoms with Gasteiger partial charge < -0.3 is 26.7 Å². The molecule has 198 valence electrons. The lowest BCUT2D eigenvalue weighted by Crippen LogP contribution is -2.26. The summed E-state index contributed by atoms with van der Waals surface area (Å²) in [4.78, 5) is 17.1. The smallest absolute Gasteiger partial charge is 0.285 e. The fourth-order valence-electron chi connectivity index (χ4n) is 3.50. The molecule has 0 radical (unpaired) electrons. The summed E-state index contributed by atoms with van der Waals surface area (Å²) >= 11 is 0. The second-order valence-corrected chi connectivity index (χ2v) is 9.78. The van der Waals surface area contributed by atoms with Crippen LogP contribution >= 0.6 is 9.24 Å². The maximum Gasteiger partial charge on any atom is 0.285 e. The number of rotatable bonds is 7. The minimum Gasteiger partial charge on any atom is -0.392 e. The van der Waals surface area contributed by atoms with Crippen LogP contribution in [0, 0.1) is 25.7 Å². The minimum atomic E-state index is -3.22. The molecule has 10 heteroatoms. The van der Waals surface area contributed by atoms with Gasteiger partial charge in [-0.05, 0) is 81.7 Å². The highest BCUT2D eigenvalue weighted by atomic mass is 31.0. The van der Waals surface area contributed by atoms with Crippen LogP contribution in [0.1, 0.15) is 46.6 Å². The highest BCUT2D eigenvalue weighted by Gasteiger charge is 2.29. The van der Waals surface area contributed by atoms with E-state index in [0.29, 0.717) is 28.3 Å². The maximum absolute atomic E-state index is 14.4. The molecule has 3 aromatic rings. The number of anilines is 1. The Hall–Kier alpha value is -4.15. The first kappa shape index (κ1) is 28.4. The first-order valence-electron chi connectivity index (χ1n) is 11.8. The van der Waals surface area contributed by atoms with E-state index in [2.05, 4.69) is 27.5 Å². The van der Waals surface area contributed by atoms with Crippen LogP contribution in [0.3, 0.4) is 0 Å². The van der Waals surface area contributed by atoms with Gasteiger partial charge in [-0.1, -0.05) is 21.2 Å². The van der Waals surface area contributed by atoms with E-state index < -0.39 is 11.6 Å². The Morgan fingerprint density at radius 3 is 2.53 bits per heavy atom. The first-order valence-corrected chi connectivity index (χ1v) is 12.4. The van der Waals surface area contributed by atoms with Crippen LogP contribution in [0.4, 0.5) is 14.5 Å². The Kier molecular flexibility index (Phi) is 8.92. The van der Waals surface area contributed by atoms with Crippen LogP contribution < -0.4 is 22.1 Å². The number of aromatic nitrogens is 2. The normalized spacial score (nSPS) is 12.2. The SMILES string of the molecule is Cc1cn(-c2ccc(NC(=O)c3ccc(C)c(C#C/C(N)=C/C=C(\N)NC(C)C)c3)cc2C(F)(F)P)cn1. The molecule has 1 aromatic heterocycles. The number of halogens is 2. The number of nitrogens with zero attached hydrogens (tertiary/aromatic N) is 2. The van der Waals surface area contributed by atoms with Crippen molar-refractivity contribution in [2.24, 2.45) is 11.5 Å². The summed E-state index contributed by atoms with van der Waals surface area (Å²) in [7, 11) is 1.54. The van der Waals surface area contributed by atoms with Crippen LogP contribution in [0.15, 0.2) is 72.6 Å². The summed E-state index contributed by atoms with van der Waals surface area (Å²) in [5, 5.41) is 5.74. The topological polar surface area (TPSA) is 111 Å². The number of aryl methyl sites for hydroxylation is 2. The summed E-state index contributed by atoms with van der Waals surface area (Å²) < 4.78 is 30.4. The van der Waals surface area contributed by atoms with Crippen molar-refractivity contribution in [1.82, 2.24) is 14.9 Å². The van der Waals surface area contributed by atoms with E-state index in [9.17, 15) is 13.6 Å². The fraction of sp³-hybridized carbons (Fsp3) is 0.214. The molecule has 0 saturated heterocycles. The molecule has 0 aliphatic rings. The number of allylic oxidation sites excluding steroid dienone is 3. The third-order valence-corrected chi connectivity index (χ3v) is 5.65. The molecule has 1 heterocycles. The number of nitrogens with one attached hydrogen (secondary N) is 2. The number of carbonyl (C=O) groups is 1. The molecule has 3 rings (SSSR count). The quantitative estimate of drug-likeness (QED) is 0.200. The van der Waals surface area contributed by atoms with E-state index in [4.69, 9.17) is 11.5 Å². The monoisotopic (exact) mass is 536 g/mol. The number of hydrogen-bond donors (Lipinski definition) is 4. The van der Waals surface area contributed by atoms with Gasteiger partial charge in [-0.15, -0.1) is 0 Å². The summed E-state index contributed by atoms with van der Waals surface area (Å²) in [5.74, 6) is 5.82. The molecule has 1 amide bonds. The molecule has 0 bridgehead atoms. The minimum absolute atomic E-state index is 0.186. The van der Waals surface area contributed by atoms with Gasteiger partial charge in [0.25, 0.3) is 11.6 Å². The number of hydrogen-bond acceptors (Lipinski definition) is 5. The van der Waals surface area contributed by atoms with E-state index in [1.807, 2.05) is 20.8 Å². The standard InChI is InChI=1S/C28H31F2N6OP/c1-17(2)34-26(32)12-9-22(31)8-7-20-13-21(6-5-18(20)3)27(37)35-23-10-11-25(24(14-23)28(29,30)38)36-15-19(4)33-16-36/h5-6,9-17,34H,31-32,38H2,1-4H3,(H,35,37)/b22-9-,26-12+. The van der Waals surface area contributed by atoms with Gasteiger partial charge in [0.15, 0.2) is 0 Å². The predicted octanol–water partition coefficient (Wildman–Crippen LogP) is 4.66. The van der Waals surface area contributed by atoms with Gasteiger partial charge in [-0.25, -0.2) is 4.98 Å². The average molecular weight is 537 g/mol. The van der Waals surface area contributed by atoms with Crippen molar-refractivity contribution in [1.29, 1.82) is 0 Å². The summed E-state index contributed by atoms with van der Waals surface area (Å²) in [6, 6.07) is 9.55. The van der Waals surface area contributed by atoms with Gasteiger partial charge in [-0.2, -0.15) is 8.78 Å². The van der Waals surface area contributed by atoms with E-state index in [-0.39, 0.29) is 23.0 Å². The molecule has 38 heavy (non-hydrogen) atoms. The van der Waals surface area contributed by atoms with Crippen LogP contribution in [0.2, 0.25) is 0 Å². The molecule has 0 spiro atoms. The summed E-state index contributed by atoms with van der Waals surface area (Å²) in [6.07, 6.45) is 6.34. The molecule has 1 atom stereocenters. The molecular formula is C28H31F2N6OP. The lowest BCUT2D eigenvalue weighted by Gasteiger charge is -2.18. The second kappa shape index (κ2) is 11.9. The molecule has 2 aromatic carbocycles. The van der Waals surface area contributed by atoms with Gasteiger partial charge in [0, 0.05) is 29.1 Å². The van der Waals surface area contributed by atoms with Crippen molar-refractivity contribution in [3.05, 3.63) is 101 Å². The lowest BCUT2D eigenvalue weighted by atomic mass is 10.0. The van der Waals surface area contributed by atoms with Crippen molar-refractivity contribution in [3.63, 3.8) is 0 Å². The van der Waals surface area contributed by atoms with Gasteiger partial charge in [-0.3, -0.25) is 4.79 Å². The molecule has 0 aliphatic heterocycles. The van der Waals surface area contributed by atoms with Crippen molar-refractivity contribution >= 4 is 20.8 Å². The third kappa shape index (κ3) is 7.67. The van der Waals surface area contributed by atoms with E-state index in [1.165, 1.54) is 32.3 Å². The Morgan fingerprint density at radius 2 is 1.89 bits per heavy atom. The number of alkyl halides is 2. The van der Waals surface area contributed by atoms with Crippen LogP contribution in [0.5, 0.6) is 0 Å². The molecule has 0 saturated carbocycles. The number of nitrogens with two attached hydrogens (primary N) is 2. The Morgan fingerprint density at radius 1 is 1.16 bits per heavy atom. The average Bonchev–Trinajstić information content (AvgIpc) is 3.27. The molecule has 1 unspecified atom stereocenters. The zero-order chi connectivity index (χ0) is 28.0. The maximum atomic E-state index is 14.4. The first-order chi connectivity index (χ1) is 17.8. The zero-order valence-electron chi connectivity index (χ0n) is 21.6. The van der Waals surface area contributed by atoms with E-state index >= 15 is 0 Å². The van der Waals surface area contributed by atoms with Gasteiger partial charge >= 0.3 is 0 Å². The Labute approximate surface area is 223 Å². The molecule has 0 aliphatic carbocycles. The van der Waals surface area contributed by atoms with Crippen molar-refractivity contribution < 1.29 is 13.6 Å².